The van der Waals surface area contributed by atoms with Gasteiger partial charge in [0.05, 0.1) is 0 Å². The van der Waals surface area contributed by atoms with E-state index >= 15 is 0 Å². The highest BCUT2D eigenvalue weighted by Gasteiger charge is 2.39. The van der Waals surface area contributed by atoms with E-state index in [0.29, 0.717) is 5.82 Å². The summed E-state index contributed by atoms with van der Waals surface area (Å²) in [5.41, 5.74) is 0.797. The van der Waals surface area contributed by atoms with E-state index in [4.69, 9.17) is 4.43 Å². The smallest absolute Gasteiger partial charge is 0.250 e. The van der Waals surface area contributed by atoms with Crippen molar-refractivity contribution in [1.29, 1.82) is 0 Å². The number of hydrogen-bond acceptors (Lipinski definition) is 3. The van der Waals surface area contributed by atoms with Crippen molar-refractivity contribution < 1.29 is 9.53 Å². The molecule has 1 aromatic heterocycles. The first-order valence-corrected chi connectivity index (χ1v) is 10.5. The van der Waals surface area contributed by atoms with E-state index in [9.17, 15) is 5.11 Å². The van der Waals surface area contributed by atoms with Crippen molar-refractivity contribution >= 4 is 8.32 Å². The molecule has 0 aliphatic heterocycles. The van der Waals surface area contributed by atoms with Gasteiger partial charge in [-0.15, -0.1) is 0 Å². The molecule has 0 fully saturated rings. The Bertz CT molecular complexity index is 644. The molecule has 0 spiro atoms. The number of hydrogen-bond donors (Lipinski definition) is 1. The molecular weight excluding hydrogens is 292 g/mol. The highest BCUT2D eigenvalue weighted by Crippen LogP contribution is 2.37. The molecule has 22 heavy (non-hydrogen) atoms. The molecule has 1 unspecified atom stereocenters. The molecule has 1 aromatic carbocycles. The van der Waals surface area contributed by atoms with Gasteiger partial charge in [-0.2, -0.15) is 0 Å². The molecular formula is C17H26N2O2Si. The largest absolute Gasteiger partial charge is 0.543 e. The van der Waals surface area contributed by atoms with Gasteiger partial charge in [-0.1, -0.05) is 32.9 Å². The number of imidazole rings is 1. The molecule has 120 valence electrons. The van der Waals surface area contributed by atoms with E-state index in [1.807, 2.05) is 42.1 Å². The number of rotatable bonds is 4. The quantitative estimate of drug-likeness (QED) is 0.870. The topological polar surface area (TPSA) is 47.3 Å². The van der Waals surface area contributed by atoms with Crippen LogP contribution in [0.15, 0.2) is 36.7 Å². The van der Waals surface area contributed by atoms with Crippen LogP contribution in [0.2, 0.25) is 18.1 Å². The lowest BCUT2D eigenvalue weighted by atomic mass is 10.1. The summed E-state index contributed by atoms with van der Waals surface area (Å²) in [6.45, 7) is 11.1. The lowest BCUT2D eigenvalue weighted by molar-refractivity contribution is 0.206. The second-order valence-electron chi connectivity index (χ2n) is 7.23. The Balaban J connectivity index is 2.26. The van der Waals surface area contributed by atoms with Crippen LogP contribution in [0.5, 0.6) is 5.75 Å². The van der Waals surface area contributed by atoms with Gasteiger partial charge in [-0.3, -0.25) is 0 Å². The van der Waals surface area contributed by atoms with E-state index in [2.05, 4.69) is 38.8 Å². The predicted octanol–water partition coefficient (Wildman–Crippen LogP) is 3.89. The number of aromatic nitrogens is 2. The molecule has 2 aromatic rings. The van der Waals surface area contributed by atoms with E-state index in [1.165, 1.54) is 0 Å². The number of aliphatic hydroxyl groups excluding tert-OH is 1. The van der Waals surface area contributed by atoms with Crippen molar-refractivity contribution in [3.05, 3.63) is 48.0 Å². The van der Waals surface area contributed by atoms with Gasteiger partial charge in [0, 0.05) is 19.4 Å². The summed E-state index contributed by atoms with van der Waals surface area (Å²) in [4.78, 5) is 4.22. The summed E-state index contributed by atoms with van der Waals surface area (Å²) < 4.78 is 8.13. The van der Waals surface area contributed by atoms with Crippen molar-refractivity contribution in [3.63, 3.8) is 0 Å². The summed E-state index contributed by atoms with van der Waals surface area (Å²) in [7, 11) is -0.00651. The minimum Gasteiger partial charge on any atom is -0.543 e. The van der Waals surface area contributed by atoms with Crippen LogP contribution >= 0.6 is 0 Å². The fourth-order valence-corrected chi connectivity index (χ4v) is 3.01. The zero-order valence-electron chi connectivity index (χ0n) is 14.3. The molecule has 1 heterocycles. The summed E-state index contributed by atoms with van der Waals surface area (Å²) in [5.74, 6) is 1.45. The van der Waals surface area contributed by atoms with Gasteiger partial charge < -0.3 is 14.1 Å². The summed E-state index contributed by atoms with van der Waals surface area (Å²) in [6, 6.07) is 7.69. The lowest BCUT2D eigenvalue weighted by Gasteiger charge is -2.36. The third-order valence-corrected chi connectivity index (χ3v) is 8.81. The van der Waals surface area contributed by atoms with Crippen LogP contribution in [-0.4, -0.2) is 23.0 Å². The average molecular weight is 318 g/mol. The Labute approximate surface area is 133 Å². The molecule has 0 radical (unpaired) electrons. The Hall–Kier alpha value is -1.59. The van der Waals surface area contributed by atoms with Crippen molar-refractivity contribution in [1.82, 2.24) is 9.55 Å². The average Bonchev–Trinajstić information content (AvgIpc) is 2.82. The molecule has 0 amide bonds. The third-order valence-electron chi connectivity index (χ3n) is 4.46. The Kier molecular flexibility index (Phi) is 4.49. The molecule has 1 N–H and O–H groups in total. The predicted molar refractivity (Wildman–Crippen MR) is 91.5 cm³/mol. The van der Waals surface area contributed by atoms with Crippen LogP contribution in [-0.2, 0) is 7.05 Å². The molecule has 0 saturated carbocycles. The van der Waals surface area contributed by atoms with Gasteiger partial charge >= 0.3 is 0 Å². The van der Waals surface area contributed by atoms with Crippen molar-refractivity contribution in [2.24, 2.45) is 7.05 Å². The van der Waals surface area contributed by atoms with Gasteiger partial charge in [-0.05, 0) is 35.8 Å². The SMILES string of the molecule is Cn1ccnc1C(O)c1cccc(O[Si](C)(C)C(C)(C)C)c1. The molecule has 0 aliphatic carbocycles. The van der Waals surface area contributed by atoms with E-state index in [0.717, 1.165) is 11.3 Å². The number of benzene rings is 1. The van der Waals surface area contributed by atoms with Crippen LogP contribution < -0.4 is 4.43 Å². The molecule has 0 bridgehead atoms. The number of aryl methyl sites for hydroxylation is 1. The van der Waals surface area contributed by atoms with Gasteiger partial charge in [0.25, 0.3) is 0 Å². The second-order valence-corrected chi connectivity index (χ2v) is 12.0. The van der Waals surface area contributed by atoms with Crippen molar-refractivity contribution in [2.75, 3.05) is 0 Å². The Morgan fingerprint density at radius 3 is 2.50 bits per heavy atom. The van der Waals surface area contributed by atoms with Gasteiger partial charge in [0.2, 0.25) is 8.32 Å². The van der Waals surface area contributed by atoms with E-state index in [-0.39, 0.29) is 5.04 Å². The normalized spacial score (nSPS) is 14.0. The maximum absolute atomic E-state index is 10.5. The number of nitrogens with zero attached hydrogens (tertiary/aromatic N) is 2. The fourth-order valence-electron chi connectivity index (χ4n) is 1.99. The summed E-state index contributed by atoms with van der Waals surface area (Å²) in [6.07, 6.45) is 2.77. The van der Waals surface area contributed by atoms with Crippen LogP contribution in [0, 0.1) is 0 Å². The van der Waals surface area contributed by atoms with Gasteiger partial charge in [0.1, 0.15) is 17.7 Å². The molecule has 0 saturated heterocycles. The van der Waals surface area contributed by atoms with Crippen molar-refractivity contribution in [2.45, 2.75) is 45.0 Å². The highest BCUT2D eigenvalue weighted by atomic mass is 28.4. The monoisotopic (exact) mass is 318 g/mol. The van der Waals surface area contributed by atoms with Gasteiger partial charge in [-0.25, -0.2) is 4.98 Å². The van der Waals surface area contributed by atoms with Crippen LogP contribution in [0.4, 0.5) is 0 Å². The zero-order chi connectivity index (χ0) is 16.5. The molecule has 5 heteroatoms. The zero-order valence-corrected chi connectivity index (χ0v) is 15.3. The second kappa shape index (κ2) is 5.89. The van der Waals surface area contributed by atoms with E-state index in [1.54, 1.807) is 6.20 Å². The fraction of sp³-hybridized carbons (Fsp3) is 0.471. The van der Waals surface area contributed by atoms with Crippen molar-refractivity contribution in [3.8, 4) is 5.75 Å². The van der Waals surface area contributed by atoms with Crippen LogP contribution in [0.3, 0.4) is 0 Å². The third kappa shape index (κ3) is 3.42. The van der Waals surface area contributed by atoms with E-state index < -0.39 is 14.4 Å². The van der Waals surface area contributed by atoms with Crippen LogP contribution in [0.1, 0.15) is 38.3 Å². The van der Waals surface area contributed by atoms with Crippen LogP contribution in [0.25, 0.3) is 0 Å². The van der Waals surface area contributed by atoms with Gasteiger partial charge in [0.15, 0.2) is 0 Å². The maximum atomic E-state index is 10.5. The lowest BCUT2D eigenvalue weighted by Crippen LogP contribution is -2.43. The minimum atomic E-state index is -1.88. The first-order chi connectivity index (χ1) is 10.1. The molecule has 2 rings (SSSR count). The molecule has 0 aliphatic rings. The Morgan fingerprint density at radius 2 is 1.95 bits per heavy atom. The molecule has 1 atom stereocenters. The first kappa shape index (κ1) is 16.8. The summed E-state index contributed by atoms with van der Waals surface area (Å²) in [5, 5.41) is 10.7. The number of aliphatic hydroxyl groups is 1. The summed E-state index contributed by atoms with van der Waals surface area (Å²) >= 11 is 0. The Morgan fingerprint density at radius 1 is 1.27 bits per heavy atom. The maximum Gasteiger partial charge on any atom is 0.250 e. The highest BCUT2D eigenvalue weighted by molar-refractivity contribution is 6.74. The molecule has 4 nitrogen and oxygen atoms in total. The first-order valence-electron chi connectivity index (χ1n) is 7.56. The standard InChI is InChI=1S/C17H26N2O2Si/c1-17(2,3)22(5,6)21-14-9-7-8-13(12-14)15(20)16-18-10-11-19(16)4/h7-12,15,20H,1-6H3. The minimum absolute atomic E-state index is 0.140.